The fourth-order valence-electron chi connectivity index (χ4n) is 2.19. The Kier molecular flexibility index (Phi) is 3.61. The van der Waals surface area contributed by atoms with E-state index in [0.29, 0.717) is 11.8 Å². The molecule has 0 amide bonds. The van der Waals surface area contributed by atoms with Crippen molar-refractivity contribution in [3.8, 4) is 0 Å². The van der Waals surface area contributed by atoms with Crippen molar-refractivity contribution in [1.82, 2.24) is 14.9 Å². The molecule has 0 aliphatic carbocycles. The maximum absolute atomic E-state index is 5.73. The van der Waals surface area contributed by atoms with Crippen molar-refractivity contribution in [3.63, 3.8) is 0 Å². The fourth-order valence-corrected chi connectivity index (χ4v) is 2.19. The Morgan fingerprint density at radius 1 is 1.62 bits per heavy atom. The van der Waals surface area contributed by atoms with Gasteiger partial charge in [-0.05, 0) is 5.92 Å². The zero-order chi connectivity index (χ0) is 11.5. The normalized spacial score (nSPS) is 20.1. The van der Waals surface area contributed by atoms with Crippen molar-refractivity contribution >= 4 is 0 Å². The van der Waals surface area contributed by atoms with E-state index in [1.807, 2.05) is 6.33 Å². The molecule has 1 unspecified atom stereocenters. The number of nitrogens with one attached hydrogen (secondary N) is 1. The quantitative estimate of drug-likeness (QED) is 0.835. The Balaban J connectivity index is 1.98. The van der Waals surface area contributed by atoms with Gasteiger partial charge in [0.15, 0.2) is 0 Å². The summed E-state index contributed by atoms with van der Waals surface area (Å²) in [5.74, 6) is 1.04. The summed E-state index contributed by atoms with van der Waals surface area (Å²) in [5, 5.41) is 3.39. The van der Waals surface area contributed by atoms with E-state index in [-0.39, 0.29) is 0 Å². The molecule has 1 aliphatic heterocycles. The van der Waals surface area contributed by atoms with Gasteiger partial charge in [-0.3, -0.25) is 0 Å². The highest BCUT2D eigenvalue weighted by Gasteiger charge is 2.23. The van der Waals surface area contributed by atoms with E-state index in [1.165, 1.54) is 11.4 Å². The van der Waals surface area contributed by atoms with Gasteiger partial charge in [0.1, 0.15) is 0 Å². The second-order valence-electron chi connectivity index (χ2n) is 4.95. The minimum Gasteiger partial charge on any atom is -0.380 e. The number of rotatable bonds is 4. The van der Waals surface area contributed by atoms with Gasteiger partial charge >= 0.3 is 0 Å². The largest absolute Gasteiger partial charge is 0.380 e. The maximum atomic E-state index is 5.73. The van der Waals surface area contributed by atoms with E-state index in [4.69, 9.17) is 4.74 Å². The van der Waals surface area contributed by atoms with E-state index in [2.05, 4.69) is 35.8 Å². The molecule has 2 rings (SSSR count). The third-order valence-corrected chi connectivity index (χ3v) is 2.90. The molecular weight excluding hydrogens is 202 g/mol. The van der Waals surface area contributed by atoms with Crippen LogP contribution < -0.4 is 5.32 Å². The summed E-state index contributed by atoms with van der Waals surface area (Å²) in [6.45, 7) is 7.85. The standard InChI is InChI=1S/C12H21N3O/c1-9(2)6-16-7-10-4-13-5-11-12(10)15(3)8-14-11/h8-10,13H,4-7H2,1-3H3. The molecule has 1 aromatic rings. The Bertz CT molecular complexity index is 346. The van der Waals surface area contributed by atoms with Crippen LogP contribution in [0.2, 0.25) is 0 Å². The van der Waals surface area contributed by atoms with Gasteiger partial charge in [0.25, 0.3) is 0 Å². The average molecular weight is 223 g/mol. The number of nitrogens with zero attached hydrogens (tertiary/aromatic N) is 2. The lowest BCUT2D eigenvalue weighted by atomic mass is 10.0. The molecule has 0 bridgehead atoms. The van der Waals surface area contributed by atoms with Crippen LogP contribution in [0.3, 0.4) is 0 Å². The van der Waals surface area contributed by atoms with Crippen molar-refractivity contribution in [2.45, 2.75) is 26.3 Å². The molecule has 2 heterocycles. The monoisotopic (exact) mass is 223 g/mol. The highest BCUT2D eigenvalue weighted by Crippen LogP contribution is 2.22. The van der Waals surface area contributed by atoms with Gasteiger partial charge in [-0.15, -0.1) is 0 Å². The minimum absolute atomic E-state index is 0.440. The Morgan fingerprint density at radius 2 is 2.44 bits per heavy atom. The van der Waals surface area contributed by atoms with Gasteiger partial charge in [0.05, 0.1) is 18.6 Å². The van der Waals surface area contributed by atoms with Crippen LogP contribution in [0.5, 0.6) is 0 Å². The highest BCUT2D eigenvalue weighted by molar-refractivity contribution is 5.21. The molecule has 0 radical (unpaired) electrons. The van der Waals surface area contributed by atoms with Crippen LogP contribution >= 0.6 is 0 Å². The summed E-state index contributed by atoms with van der Waals surface area (Å²) < 4.78 is 7.86. The van der Waals surface area contributed by atoms with E-state index < -0.39 is 0 Å². The first-order valence-corrected chi connectivity index (χ1v) is 5.97. The van der Waals surface area contributed by atoms with Crippen LogP contribution in [0, 0.1) is 5.92 Å². The minimum atomic E-state index is 0.440. The zero-order valence-electron chi connectivity index (χ0n) is 10.4. The number of fused-ring (bicyclic) bond motifs is 1. The zero-order valence-corrected chi connectivity index (χ0v) is 10.4. The lowest BCUT2D eigenvalue weighted by Crippen LogP contribution is -2.32. The number of hydrogen-bond acceptors (Lipinski definition) is 3. The van der Waals surface area contributed by atoms with Crippen LogP contribution in [0.25, 0.3) is 0 Å². The summed E-state index contributed by atoms with van der Waals surface area (Å²) in [7, 11) is 2.06. The second-order valence-corrected chi connectivity index (χ2v) is 4.95. The van der Waals surface area contributed by atoms with E-state index in [0.717, 1.165) is 26.3 Å². The third kappa shape index (κ3) is 2.44. The first kappa shape index (κ1) is 11.6. The van der Waals surface area contributed by atoms with Gasteiger partial charge in [-0.25, -0.2) is 4.98 Å². The molecule has 4 nitrogen and oxygen atoms in total. The van der Waals surface area contributed by atoms with Crippen molar-refractivity contribution in [1.29, 1.82) is 0 Å². The third-order valence-electron chi connectivity index (χ3n) is 2.90. The Hall–Kier alpha value is -0.870. The van der Waals surface area contributed by atoms with Gasteiger partial charge in [-0.2, -0.15) is 0 Å². The summed E-state index contributed by atoms with van der Waals surface area (Å²) in [4.78, 5) is 4.39. The fraction of sp³-hybridized carbons (Fsp3) is 0.750. The van der Waals surface area contributed by atoms with Crippen LogP contribution in [0.4, 0.5) is 0 Å². The molecular formula is C12H21N3O. The molecule has 0 fully saturated rings. The molecule has 1 aromatic heterocycles. The maximum Gasteiger partial charge on any atom is 0.0949 e. The van der Waals surface area contributed by atoms with Crippen molar-refractivity contribution < 1.29 is 4.74 Å². The van der Waals surface area contributed by atoms with Crippen LogP contribution in [-0.2, 0) is 18.3 Å². The molecule has 16 heavy (non-hydrogen) atoms. The van der Waals surface area contributed by atoms with Crippen molar-refractivity contribution in [2.24, 2.45) is 13.0 Å². The van der Waals surface area contributed by atoms with Crippen molar-refractivity contribution in [3.05, 3.63) is 17.7 Å². The molecule has 0 aromatic carbocycles. The number of hydrogen-bond donors (Lipinski definition) is 1. The van der Waals surface area contributed by atoms with E-state index >= 15 is 0 Å². The summed E-state index contributed by atoms with van der Waals surface area (Å²) >= 11 is 0. The molecule has 90 valence electrons. The highest BCUT2D eigenvalue weighted by atomic mass is 16.5. The summed E-state index contributed by atoms with van der Waals surface area (Å²) in [5.41, 5.74) is 2.51. The van der Waals surface area contributed by atoms with Crippen LogP contribution in [-0.4, -0.2) is 29.3 Å². The van der Waals surface area contributed by atoms with Crippen LogP contribution in [0.15, 0.2) is 6.33 Å². The van der Waals surface area contributed by atoms with Gasteiger partial charge in [0, 0.05) is 38.4 Å². The summed E-state index contributed by atoms with van der Waals surface area (Å²) in [6.07, 6.45) is 1.90. The van der Waals surface area contributed by atoms with Crippen molar-refractivity contribution in [2.75, 3.05) is 19.8 Å². The number of ether oxygens (including phenoxy) is 1. The topological polar surface area (TPSA) is 39.1 Å². The Labute approximate surface area is 97.0 Å². The lowest BCUT2D eigenvalue weighted by Gasteiger charge is -2.24. The number of aryl methyl sites for hydroxylation is 1. The number of aromatic nitrogens is 2. The Morgan fingerprint density at radius 3 is 3.19 bits per heavy atom. The molecule has 1 aliphatic rings. The molecule has 0 spiro atoms. The second kappa shape index (κ2) is 4.97. The predicted molar refractivity (Wildman–Crippen MR) is 63.3 cm³/mol. The van der Waals surface area contributed by atoms with E-state index in [9.17, 15) is 0 Å². The molecule has 0 saturated carbocycles. The molecule has 0 saturated heterocycles. The average Bonchev–Trinajstić information content (AvgIpc) is 2.61. The van der Waals surface area contributed by atoms with Gasteiger partial charge < -0.3 is 14.6 Å². The van der Waals surface area contributed by atoms with Crippen LogP contribution in [0.1, 0.15) is 31.2 Å². The predicted octanol–water partition coefficient (Wildman–Crippen LogP) is 1.28. The first-order valence-electron chi connectivity index (χ1n) is 5.97. The van der Waals surface area contributed by atoms with Gasteiger partial charge in [-0.1, -0.05) is 13.8 Å². The molecule has 4 heteroatoms. The molecule has 1 atom stereocenters. The lowest BCUT2D eigenvalue weighted by molar-refractivity contribution is 0.0939. The first-order chi connectivity index (χ1) is 7.68. The smallest absolute Gasteiger partial charge is 0.0949 e. The SMILES string of the molecule is CC(C)COCC1CNCc2ncn(C)c21. The van der Waals surface area contributed by atoms with E-state index in [1.54, 1.807) is 0 Å². The summed E-state index contributed by atoms with van der Waals surface area (Å²) in [6, 6.07) is 0. The van der Waals surface area contributed by atoms with Gasteiger partial charge in [0.2, 0.25) is 0 Å². The molecule has 1 N–H and O–H groups in total. The number of imidazole rings is 1.